The van der Waals surface area contributed by atoms with Gasteiger partial charge in [-0.1, -0.05) is 30.3 Å². The summed E-state index contributed by atoms with van der Waals surface area (Å²) in [5, 5.41) is 11.4. The van der Waals surface area contributed by atoms with Gasteiger partial charge in [0.05, 0.1) is 6.54 Å². The number of carboxylic acid groups (broad SMARTS) is 1. The van der Waals surface area contributed by atoms with E-state index in [1.54, 1.807) is 0 Å². The Balaban J connectivity index is 2.38. The number of thiol groups is 1. The van der Waals surface area contributed by atoms with E-state index in [0.29, 0.717) is 6.42 Å². The lowest BCUT2D eigenvalue weighted by Crippen LogP contribution is -2.41. The molecule has 0 aliphatic rings. The van der Waals surface area contributed by atoms with Gasteiger partial charge >= 0.3 is 5.97 Å². The Kier molecular flexibility index (Phi) is 5.72. The molecule has 17 heavy (non-hydrogen) atoms. The molecule has 0 aliphatic heterocycles. The van der Waals surface area contributed by atoms with Crippen LogP contribution in [0.1, 0.15) is 5.56 Å². The van der Waals surface area contributed by atoms with E-state index >= 15 is 0 Å². The molecule has 0 amide bonds. The van der Waals surface area contributed by atoms with Gasteiger partial charge in [-0.05, 0) is 5.56 Å². The number of aliphatic carboxylic acids is 1. The van der Waals surface area contributed by atoms with Crippen LogP contribution in [-0.2, 0) is 16.0 Å². The van der Waals surface area contributed by atoms with Crippen molar-refractivity contribution >= 4 is 24.4 Å². The van der Waals surface area contributed by atoms with Gasteiger partial charge in [0.15, 0.2) is 5.78 Å². The van der Waals surface area contributed by atoms with Crippen LogP contribution in [-0.4, -0.2) is 35.2 Å². The highest BCUT2D eigenvalue weighted by molar-refractivity contribution is 7.80. The summed E-state index contributed by atoms with van der Waals surface area (Å²) in [6.45, 7) is 0.0480. The van der Waals surface area contributed by atoms with E-state index in [4.69, 9.17) is 5.11 Å². The highest BCUT2D eigenvalue weighted by Gasteiger charge is 2.15. The highest BCUT2D eigenvalue weighted by Crippen LogP contribution is 2.00. The standard InChI is InChI=1S/C12H15NO3S/c14-10(6-9-4-2-1-3-5-9)7-13-11(8-17)12(15)16/h1-5,11,13,17H,6-8H2,(H,15,16). The van der Waals surface area contributed by atoms with Gasteiger partial charge in [-0.2, -0.15) is 12.6 Å². The second-order valence-electron chi connectivity index (χ2n) is 3.66. The van der Waals surface area contributed by atoms with Crippen LogP contribution in [0.25, 0.3) is 0 Å². The fourth-order valence-electron chi connectivity index (χ4n) is 1.35. The maximum atomic E-state index is 11.6. The maximum Gasteiger partial charge on any atom is 0.321 e. The van der Waals surface area contributed by atoms with E-state index in [1.165, 1.54) is 0 Å². The van der Waals surface area contributed by atoms with E-state index in [2.05, 4.69) is 17.9 Å². The van der Waals surface area contributed by atoms with E-state index in [9.17, 15) is 9.59 Å². The lowest BCUT2D eigenvalue weighted by molar-refractivity contribution is -0.138. The molecule has 0 heterocycles. The molecular formula is C12H15NO3S. The molecule has 0 spiro atoms. The number of benzene rings is 1. The summed E-state index contributed by atoms with van der Waals surface area (Å²) in [5.41, 5.74) is 0.928. The molecule has 1 aromatic carbocycles. The third kappa shape index (κ3) is 5.01. The summed E-state index contributed by atoms with van der Waals surface area (Å²) in [4.78, 5) is 22.3. The molecule has 0 saturated heterocycles. The van der Waals surface area contributed by atoms with Gasteiger partial charge in [0.25, 0.3) is 0 Å². The minimum absolute atomic E-state index is 0.0377. The van der Waals surface area contributed by atoms with E-state index in [1.807, 2.05) is 30.3 Å². The highest BCUT2D eigenvalue weighted by atomic mass is 32.1. The van der Waals surface area contributed by atoms with Crippen LogP contribution >= 0.6 is 12.6 Å². The first kappa shape index (κ1) is 13.7. The van der Waals surface area contributed by atoms with Gasteiger partial charge in [0.1, 0.15) is 6.04 Å². The molecule has 2 N–H and O–H groups in total. The van der Waals surface area contributed by atoms with Gasteiger partial charge < -0.3 is 5.11 Å². The van der Waals surface area contributed by atoms with E-state index < -0.39 is 12.0 Å². The predicted molar refractivity (Wildman–Crippen MR) is 68.4 cm³/mol. The van der Waals surface area contributed by atoms with Gasteiger partial charge in [0.2, 0.25) is 0 Å². The van der Waals surface area contributed by atoms with Gasteiger partial charge in [0, 0.05) is 12.2 Å². The van der Waals surface area contributed by atoms with Crippen LogP contribution in [0, 0.1) is 0 Å². The van der Waals surface area contributed by atoms with Crippen molar-refractivity contribution in [2.24, 2.45) is 0 Å². The topological polar surface area (TPSA) is 66.4 Å². The smallest absolute Gasteiger partial charge is 0.321 e. The van der Waals surface area contributed by atoms with Crippen LogP contribution in [0.4, 0.5) is 0 Å². The number of ketones is 1. The average molecular weight is 253 g/mol. The zero-order valence-electron chi connectivity index (χ0n) is 9.30. The lowest BCUT2D eigenvalue weighted by atomic mass is 10.1. The predicted octanol–water partition coefficient (Wildman–Crippen LogP) is 0.771. The third-order valence-electron chi connectivity index (χ3n) is 2.27. The van der Waals surface area contributed by atoms with Crippen molar-refractivity contribution in [3.63, 3.8) is 0 Å². The molecule has 0 bridgehead atoms. The molecule has 1 atom stereocenters. The Morgan fingerprint density at radius 3 is 2.47 bits per heavy atom. The molecule has 92 valence electrons. The molecule has 5 heteroatoms. The number of carbonyl (C=O) groups is 2. The largest absolute Gasteiger partial charge is 0.480 e. The maximum absolute atomic E-state index is 11.6. The number of nitrogens with one attached hydrogen (secondary N) is 1. The number of carbonyl (C=O) groups excluding carboxylic acids is 1. The molecule has 1 rings (SSSR count). The van der Waals surface area contributed by atoms with E-state index in [-0.39, 0.29) is 18.1 Å². The van der Waals surface area contributed by atoms with Crippen LogP contribution in [0.5, 0.6) is 0 Å². The summed E-state index contributed by atoms with van der Waals surface area (Å²) in [6, 6.07) is 8.57. The zero-order chi connectivity index (χ0) is 12.7. The SMILES string of the molecule is O=C(CNC(CS)C(=O)O)Cc1ccccc1. The monoisotopic (exact) mass is 253 g/mol. The van der Waals surface area contributed by atoms with Crippen LogP contribution < -0.4 is 5.32 Å². The quantitative estimate of drug-likeness (QED) is 0.628. The summed E-state index contributed by atoms with van der Waals surface area (Å²) in [6.07, 6.45) is 0.312. The second-order valence-corrected chi connectivity index (χ2v) is 4.02. The Bertz CT molecular complexity index is 381. The fraction of sp³-hybridized carbons (Fsp3) is 0.333. The molecule has 0 saturated carbocycles. The van der Waals surface area contributed by atoms with Crippen molar-refractivity contribution in [1.29, 1.82) is 0 Å². The van der Waals surface area contributed by atoms with Crippen molar-refractivity contribution in [2.45, 2.75) is 12.5 Å². The zero-order valence-corrected chi connectivity index (χ0v) is 10.2. The number of carboxylic acids is 1. The number of hydrogen-bond donors (Lipinski definition) is 3. The molecule has 0 radical (unpaired) electrons. The number of rotatable bonds is 7. The molecule has 4 nitrogen and oxygen atoms in total. The van der Waals surface area contributed by atoms with E-state index in [0.717, 1.165) is 5.56 Å². The first-order valence-electron chi connectivity index (χ1n) is 5.26. The van der Waals surface area contributed by atoms with Crippen LogP contribution in [0.15, 0.2) is 30.3 Å². The number of Topliss-reactive ketones (excluding diaryl/α,β-unsaturated/α-hetero) is 1. The van der Waals surface area contributed by atoms with Crippen molar-refractivity contribution in [3.8, 4) is 0 Å². The fourth-order valence-corrected chi connectivity index (χ4v) is 1.64. The van der Waals surface area contributed by atoms with Gasteiger partial charge in [-0.25, -0.2) is 0 Å². The van der Waals surface area contributed by atoms with Gasteiger partial charge in [-0.3, -0.25) is 14.9 Å². The molecule has 0 aliphatic carbocycles. The first-order chi connectivity index (χ1) is 8.13. The van der Waals surface area contributed by atoms with Crippen molar-refractivity contribution in [2.75, 3.05) is 12.3 Å². The normalized spacial score (nSPS) is 12.1. The summed E-state index contributed by atoms with van der Waals surface area (Å²) >= 11 is 3.90. The Labute approximate surface area is 105 Å². The van der Waals surface area contributed by atoms with Crippen LogP contribution in [0.2, 0.25) is 0 Å². The second kappa shape index (κ2) is 7.09. The average Bonchev–Trinajstić information content (AvgIpc) is 2.30. The van der Waals surface area contributed by atoms with Crippen molar-refractivity contribution in [1.82, 2.24) is 5.32 Å². The third-order valence-corrected chi connectivity index (χ3v) is 2.64. The molecular weight excluding hydrogens is 238 g/mol. The Morgan fingerprint density at radius 1 is 1.29 bits per heavy atom. The molecule has 0 fully saturated rings. The van der Waals surface area contributed by atoms with Gasteiger partial charge in [-0.15, -0.1) is 0 Å². The molecule has 1 aromatic rings. The van der Waals surface area contributed by atoms with Crippen molar-refractivity contribution in [3.05, 3.63) is 35.9 Å². The molecule has 0 aromatic heterocycles. The number of hydrogen-bond acceptors (Lipinski definition) is 4. The molecule has 1 unspecified atom stereocenters. The minimum Gasteiger partial charge on any atom is -0.480 e. The minimum atomic E-state index is -0.993. The van der Waals surface area contributed by atoms with Crippen LogP contribution in [0.3, 0.4) is 0 Å². The summed E-state index contributed by atoms with van der Waals surface area (Å²) < 4.78 is 0. The summed E-state index contributed by atoms with van der Waals surface area (Å²) in [7, 11) is 0. The summed E-state index contributed by atoms with van der Waals surface area (Å²) in [5.74, 6) is -0.870. The van der Waals surface area contributed by atoms with Crippen molar-refractivity contribution < 1.29 is 14.7 Å². The lowest BCUT2D eigenvalue weighted by Gasteiger charge is -2.10. The first-order valence-corrected chi connectivity index (χ1v) is 5.89. The Hall–Kier alpha value is -1.33. The Morgan fingerprint density at radius 2 is 1.94 bits per heavy atom.